The maximum absolute atomic E-state index is 13.3. The number of halogens is 2. The third kappa shape index (κ3) is 5.17. The van der Waals surface area contributed by atoms with Crippen molar-refractivity contribution in [3.8, 4) is 5.75 Å². The van der Waals surface area contributed by atoms with Crippen LogP contribution in [0.25, 0.3) is 0 Å². The Morgan fingerprint density at radius 1 is 1.30 bits per heavy atom. The molecule has 0 aliphatic rings. The van der Waals surface area contributed by atoms with E-state index >= 15 is 0 Å². The van der Waals surface area contributed by atoms with Crippen molar-refractivity contribution in [2.24, 2.45) is 0 Å². The highest BCUT2D eigenvalue weighted by Crippen LogP contribution is 2.17. The molecule has 8 heteroatoms. The van der Waals surface area contributed by atoms with E-state index in [0.29, 0.717) is 25.6 Å². The lowest BCUT2D eigenvalue weighted by Gasteiger charge is -2.08. The zero-order valence-electron chi connectivity index (χ0n) is 12.2. The Labute approximate surface area is 130 Å². The summed E-state index contributed by atoms with van der Waals surface area (Å²) in [5.41, 5.74) is -0.214. The predicted molar refractivity (Wildman–Crippen MR) is 78.0 cm³/mol. The molecule has 23 heavy (non-hydrogen) atoms. The standard InChI is InChI=1S/C15H15F2N3O3/c16-11-4-5-13(12(17)9-11)23-10-14(21)18-6-2-8-20-15(22)3-1-7-19-20/h1,3-5,7,9H,2,6,8,10H2,(H,18,21). The third-order valence-corrected chi connectivity index (χ3v) is 2.91. The summed E-state index contributed by atoms with van der Waals surface area (Å²) in [7, 11) is 0. The number of nitrogens with zero attached hydrogens (tertiary/aromatic N) is 2. The number of ether oxygens (including phenoxy) is 1. The summed E-state index contributed by atoms with van der Waals surface area (Å²) in [4.78, 5) is 22.9. The number of aryl methyl sites for hydroxylation is 1. The van der Waals surface area contributed by atoms with Crippen LogP contribution in [0.5, 0.6) is 5.75 Å². The normalized spacial score (nSPS) is 10.3. The van der Waals surface area contributed by atoms with Crippen LogP contribution in [-0.2, 0) is 11.3 Å². The van der Waals surface area contributed by atoms with Crippen molar-refractivity contribution >= 4 is 5.91 Å². The lowest BCUT2D eigenvalue weighted by Crippen LogP contribution is -2.31. The summed E-state index contributed by atoms with van der Waals surface area (Å²) >= 11 is 0. The number of hydrogen-bond acceptors (Lipinski definition) is 4. The van der Waals surface area contributed by atoms with E-state index in [-0.39, 0.29) is 17.9 Å². The number of aromatic nitrogens is 2. The first-order valence-corrected chi connectivity index (χ1v) is 6.93. The molecular weight excluding hydrogens is 308 g/mol. The van der Waals surface area contributed by atoms with Crippen LogP contribution >= 0.6 is 0 Å². The van der Waals surface area contributed by atoms with Crippen LogP contribution in [0.15, 0.2) is 41.3 Å². The minimum Gasteiger partial charge on any atom is -0.481 e. The van der Waals surface area contributed by atoms with Crippen molar-refractivity contribution in [1.82, 2.24) is 15.1 Å². The second-order valence-electron chi connectivity index (χ2n) is 4.65. The van der Waals surface area contributed by atoms with Crippen molar-refractivity contribution < 1.29 is 18.3 Å². The van der Waals surface area contributed by atoms with E-state index in [9.17, 15) is 18.4 Å². The molecule has 0 radical (unpaired) electrons. The highest BCUT2D eigenvalue weighted by atomic mass is 19.1. The van der Waals surface area contributed by atoms with E-state index in [2.05, 4.69) is 10.4 Å². The van der Waals surface area contributed by atoms with Crippen LogP contribution in [-0.4, -0.2) is 28.8 Å². The number of nitrogens with one attached hydrogen (secondary N) is 1. The van der Waals surface area contributed by atoms with Crippen LogP contribution < -0.4 is 15.6 Å². The van der Waals surface area contributed by atoms with Gasteiger partial charge in [-0.15, -0.1) is 0 Å². The molecule has 0 spiro atoms. The second-order valence-corrected chi connectivity index (χ2v) is 4.65. The zero-order valence-corrected chi connectivity index (χ0v) is 12.2. The molecule has 1 aromatic carbocycles. The van der Waals surface area contributed by atoms with Gasteiger partial charge in [0.1, 0.15) is 5.82 Å². The van der Waals surface area contributed by atoms with E-state index in [1.54, 1.807) is 6.07 Å². The Bertz CT molecular complexity index is 734. The van der Waals surface area contributed by atoms with Gasteiger partial charge < -0.3 is 10.1 Å². The summed E-state index contributed by atoms with van der Waals surface area (Å²) in [6.45, 7) is 0.302. The van der Waals surface area contributed by atoms with Gasteiger partial charge in [-0.25, -0.2) is 13.5 Å². The average Bonchev–Trinajstić information content (AvgIpc) is 2.52. The molecule has 1 aromatic heterocycles. The summed E-state index contributed by atoms with van der Waals surface area (Å²) in [5, 5.41) is 6.45. The number of benzene rings is 1. The molecule has 0 unspecified atom stereocenters. The summed E-state index contributed by atoms with van der Waals surface area (Å²) in [6.07, 6.45) is 2.01. The lowest BCUT2D eigenvalue weighted by molar-refractivity contribution is -0.123. The Morgan fingerprint density at radius 3 is 2.87 bits per heavy atom. The lowest BCUT2D eigenvalue weighted by atomic mass is 10.3. The molecule has 1 amide bonds. The highest BCUT2D eigenvalue weighted by molar-refractivity contribution is 5.77. The molecule has 1 N–H and O–H groups in total. The van der Waals surface area contributed by atoms with Crippen molar-refractivity contribution in [2.75, 3.05) is 13.2 Å². The van der Waals surface area contributed by atoms with Gasteiger partial charge in [0.2, 0.25) is 0 Å². The molecule has 0 aliphatic carbocycles. The minimum atomic E-state index is -0.868. The molecule has 122 valence electrons. The van der Waals surface area contributed by atoms with Crippen molar-refractivity contribution in [1.29, 1.82) is 0 Å². The molecule has 0 fully saturated rings. The molecule has 0 aliphatic heterocycles. The second kappa shape index (κ2) is 8.02. The Kier molecular flexibility index (Phi) is 5.79. The number of rotatable bonds is 7. The van der Waals surface area contributed by atoms with Crippen LogP contribution in [0, 0.1) is 11.6 Å². The first kappa shape index (κ1) is 16.6. The molecule has 1 heterocycles. The van der Waals surface area contributed by atoms with E-state index in [0.717, 1.165) is 12.1 Å². The quantitative estimate of drug-likeness (QED) is 0.775. The van der Waals surface area contributed by atoms with Gasteiger partial charge in [0.25, 0.3) is 11.5 Å². The van der Waals surface area contributed by atoms with Crippen LogP contribution in [0.3, 0.4) is 0 Å². The van der Waals surface area contributed by atoms with Crippen LogP contribution in [0.4, 0.5) is 8.78 Å². The van der Waals surface area contributed by atoms with Crippen molar-refractivity contribution in [3.63, 3.8) is 0 Å². The summed E-state index contributed by atoms with van der Waals surface area (Å²) in [5.74, 6) is -2.22. The van der Waals surface area contributed by atoms with Gasteiger partial charge in [-0.3, -0.25) is 9.59 Å². The topological polar surface area (TPSA) is 73.2 Å². The molecule has 0 saturated carbocycles. The van der Waals surface area contributed by atoms with Gasteiger partial charge in [0.15, 0.2) is 18.2 Å². The number of carbonyl (C=O) groups excluding carboxylic acids is 1. The first-order valence-electron chi connectivity index (χ1n) is 6.93. The number of carbonyl (C=O) groups is 1. The maximum atomic E-state index is 13.3. The number of hydrogen-bond donors (Lipinski definition) is 1. The molecule has 2 aromatic rings. The molecule has 0 bridgehead atoms. The summed E-state index contributed by atoms with van der Waals surface area (Å²) < 4.78 is 32.3. The van der Waals surface area contributed by atoms with Gasteiger partial charge in [-0.2, -0.15) is 5.10 Å². The van der Waals surface area contributed by atoms with Crippen LogP contribution in [0.1, 0.15) is 6.42 Å². The highest BCUT2D eigenvalue weighted by Gasteiger charge is 2.07. The monoisotopic (exact) mass is 323 g/mol. The average molecular weight is 323 g/mol. The predicted octanol–water partition coefficient (Wildman–Crippen LogP) is 1.11. The van der Waals surface area contributed by atoms with Gasteiger partial charge in [-0.05, 0) is 24.6 Å². The van der Waals surface area contributed by atoms with Gasteiger partial charge in [0, 0.05) is 31.4 Å². The van der Waals surface area contributed by atoms with E-state index in [1.165, 1.54) is 16.9 Å². The molecular formula is C15H15F2N3O3. The largest absolute Gasteiger partial charge is 0.481 e. The SMILES string of the molecule is O=C(COc1ccc(F)cc1F)NCCCn1ncccc1=O. The van der Waals surface area contributed by atoms with Crippen molar-refractivity contribution in [2.45, 2.75) is 13.0 Å². The smallest absolute Gasteiger partial charge is 0.266 e. The fourth-order valence-corrected chi connectivity index (χ4v) is 1.80. The summed E-state index contributed by atoms with van der Waals surface area (Å²) in [6, 6.07) is 5.79. The Hall–Kier alpha value is -2.77. The Balaban J connectivity index is 1.69. The van der Waals surface area contributed by atoms with Crippen molar-refractivity contribution in [3.05, 3.63) is 58.5 Å². The number of amides is 1. The van der Waals surface area contributed by atoms with E-state index < -0.39 is 17.5 Å². The Morgan fingerprint density at radius 2 is 2.13 bits per heavy atom. The first-order chi connectivity index (χ1) is 11.1. The molecule has 6 nitrogen and oxygen atoms in total. The molecule has 2 rings (SSSR count). The van der Waals surface area contributed by atoms with E-state index in [1.807, 2.05) is 0 Å². The minimum absolute atomic E-state index is 0.193. The molecule has 0 saturated heterocycles. The molecule has 0 atom stereocenters. The van der Waals surface area contributed by atoms with E-state index in [4.69, 9.17) is 4.74 Å². The third-order valence-electron chi connectivity index (χ3n) is 2.91. The zero-order chi connectivity index (χ0) is 16.7. The van der Waals surface area contributed by atoms with Gasteiger partial charge in [0.05, 0.1) is 0 Å². The fraction of sp³-hybridized carbons (Fsp3) is 0.267. The van der Waals surface area contributed by atoms with Gasteiger partial charge >= 0.3 is 0 Å². The fourth-order valence-electron chi connectivity index (χ4n) is 1.80. The van der Waals surface area contributed by atoms with Gasteiger partial charge in [-0.1, -0.05) is 0 Å². The van der Waals surface area contributed by atoms with Crippen LogP contribution in [0.2, 0.25) is 0 Å². The maximum Gasteiger partial charge on any atom is 0.266 e.